The number of hydrogen-bond donors (Lipinski definition) is 3. The number of phenolic OH excluding ortho intramolecular Hbond substituents is 1. The van der Waals surface area contributed by atoms with Gasteiger partial charge in [-0.15, -0.1) is 0 Å². The molecule has 3 aliphatic rings. The molecule has 0 radical (unpaired) electrons. The molecule has 0 aliphatic heterocycles. The molecule has 0 amide bonds. The Balaban J connectivity index is 1.60. The summed E-state index contributed by atoms with van der Waals surface area (Å²) in [6.45, 7) is 13.4. The molecule has 0 saturated carbocycles. The van der Waals surface area contributed by atoms with E-state index in [9.17, 15) is 24.9 Å². The summed E-state index contributed by atoms with van der Waals surface area (Å²) < 4.78 is 0. The Morgan fingerprint density at radius 2 is 1.76 bits per heavy atom. The highest BCUT2D eigenvalue weighted by atomic mass is 16.3. The Hall–Kier alpha value is -3.86. The Kier molecular flexibility index (Phi) is 6.21. The molecule has 5 nitrogen and oxygen atoms in total. The Bertz CT molecular complexity index is 1470. The van der Waals surface area contributed by atoms with Gasteiger partial charge >= 0.3 is 0 Å². The molecule has 0 heterocycles. The summed E-state index contributed by atoms with van der Waals surface area (Å²) in [6.07, 6.45) is 3.03. The zero-order chi connectivity index (χ0) is 27.5. The molecule has 196 valence electrons. The van der Waals surface area contributed by atoms with E-state index in [4.69, 9.17) is 0 Å². The van der Waals surface area contributed by atoms with Crippen molar-refractivity contribution in [2.45, 2.75) is 52.9 Å². The highest BCUT2D eigenvalue weighted by Crippen LogP contribution is 2.58. The van der Waals surface area contributed by atoms with Gasteiger partial charge in [0.2, 0.25) is 0 Å². The summed E-state index contributed by atoms with van der Waals surface area (Å²) in [6, 6.07) is 11.9. The van der Waals surface area contributed by atoms with Crippen LogP contribution in [-0.4, -0.2) is 26.9 Å². The number of carbonyl (C=O) groups is 2. The van der Waals surface area contributed by atoms with E-state index >= 15 is 0 Å². The number of benzene rings is 2. The van der Waals surface area contributed by atoms with Crippen molar-refractivity contribution in [2.24, 2.45) is 17.3 Å². The molecule has 2 aromatic carbocycles. The summed E-state index contributed by atoms with van der Waals surface area (Å²) >= 11 is 0. The van der Waals surface area contributed by atoms with Crippen LogP contribution in [0.3, 0.4) is 0 Å². The predicted molar refractivity (Wildman–Crippen MR) is 149 cm³/mol. The van der Waals surface area contributed by atoms with E-state index in [1.807, 2.05) is 6.07 Å². The van der Waals surface area contributed by atoms with Crippen LogP contribution in [0.15, 0.2) is 77.8 Å². The van der Waals surface area contributed by atoms with Crippen molar-refractivity contribution >= 4 is 17.1 Å². The van der Waals surface area contributed by atoms with Crippen LogP contribution in [0.25, 0.3) is 16.7 Å². The minimum Gasteiger partial charge on any atom is -0.511 e. The molecule has 0 bridgehead atoms. The lowest BCUT2D eigenvalue weighted by Crippen LogP contribution is -2.48. The Morgan fingerprint density at radius 3 is 2.39 bits per heavy atom. The SMILES string of the molecule is C=C(CC)Cc1ccc(-c2ccc(O)c3c2C[C@@H]2C[C@@H]4CC(O)=C(C(C)=O)C(=O)[C@]4(C)C(O)=C2C3=C)cc1. The molecule has 3 N–H and O–H groups in total. The predicted octanol–water partition coefficient (Wildman–Crippen LogP) is 6.97. The van der Waals surface area contributed by atoms with E-state index < -0.39 is 17.0 Å². The maximum absolute atomic E-state index is 13.5. The van der Waals surface area contributed by atoms with Crippen LogP contribution in [0.1, 0.15) is 56.7 Å². The molecule has 0 fully saturated rings. The zero-order valence-corrected chi connectivity index (χ0v) is 22.2. The fourth-order valence-electron chi connectivity index (χ4n) is 6.66. The van der Waals surface area contributed by atoms with Gasteiger partial charge in [-0.1, -0.05) is 56.0 Å². The first kappa shape index (κ1) is 25.8. The summed E-state index contributed by atoms with van der Waals surface area (Å²) in [5, 5.41) is 33.1. The molecule has 38 heavy (non-hydrogen) atoms. The summed E-state index contributed by atoms with van der Waals surface area (Å²) in [4.78, 5) is 25.6. The number of Topliss-reactive ketones (excluding diaryl/α,β-unsaturated/α-hetero) is 2. The number of fused-ring (bicyclic) bond motifs is 3. The molecule has 5 rings (SSSR count). The number of allylic oxidation sites excluding steroid dienone is 6. The van der Waals surface area contributed by atoms with Crippen molar-refractivity contribution in [2.75, 3.05) is 0 Å². The lowest BCUT2D eigenvalue weighted by Gasteiger charge is -2.48. The number of aromatic hydroxyl groups is 1. The zero-order valence-electron chi connectivity index (χ0n) is 22.2. The Morgan fingerprint density at radius 1 is 1.08 bits per heavy atom. The van der Waals surface area contributed by atoms with Gasteiger partial charge in [-0.05, 0) is 85.3 Å². The number of ketones is 2. The van der Waals surface area contributed by atoms with E-state index in [-0.39, 0.29) is 41.1 Å². The summed E-state index contributed by atoms with van der Waals surface area (Å²) in [7, 11) is 0. The van der Waals surface area contributed by atoms with Crippen LogP contribution in [0.5, 0.6) is 5.75 Å². The molecule has 0 unspecified atom stereocenters. The molecule has 5 heteroatoms. The number of aliphatic hydroxyl groups excluding tert-OH is 2. The van der Waals surface area contributed by atoms with E-state index in [1.54, 1.807) is 13.0 Å². The van der Waals surface area contributed by atoms with Gasteiger partial charge in [-0.3, -0.25) is 9.59 Å². The van der Waals surface area contributed by atoms with Gasteiger partial charge in [0.15, 0.2) is 11.6 Å². The monoisotopic (exact) mass is 510 g/mol. The van der Waals surface area contributed by atoms with Crippen LogP contribution < -0.4 is 0 Å². The summed E-state index contributed by atoms with van der Waals surface area (Å²) in [5.74, 6) is -1.77. The van der Waals surface area contributed by atoms with Gasteiger partial charge in [0.1, 0.15) is 17.3 Å². The second kappa shape index (κ2) is 9.16. The molecule has 3 aliphatic carbocycles. The van der Waals surface area contributed by atoms with Gasteiger partial charge in [-0.25, -0.2) is 0 Å². The molecule has 2 aromatic rings. The molecular weight excluding hydrogens is 476 g/mol. The molecule has 0 aromatic heterocycles. The lowest BCUT2D eigenvalue weighted by molar-refractivity contribution is -0.131. The summed E-state index contributed by atoms with van der Waals surface area (Å²) in [5.41, 5.74) is 5.43. The first-order valence-electron chi connectivity index (χ1n) is 13.2. The van der Waals surface area contributed by atoms with E-state index in [2.05, 4.69) is 44.3 Å². The first-order chi connectivity index (χ1) is 18.0. The molecule has 0 saturated heterocycles. The van der Waals surface area contributed by atoms with E-state index in [1.165, 1.54) is 18.1 Å². The number of phenols is 1. The van der Waals surface area contributed by atoms with Crippen molar-refractivity contribution in [1.29, 1.82) is 0 Å². The fourth-order valence-corrected chi connectivity index (χ4v) is 6.66. The normalized spacial score (nSPS) is 24.6. The maximum atomic E-state index is 13.5. The molecule has 3 atom stereocenters. The fraction of sp³-hybridized carbons (Fsp3) is 0.333. The van der Waals surface area contributed by atoms with Crippen molar-refractivity contribution in [3.8, 4) is 16.9 Å². The van der Waals surface area contributed by atoms with Crippen molar-refractivity contribution in [3.05, 3.63) is 94.5 Å². The van der Waals surface area contributed by atoms with Crippen LogP contribution in [0, 0.1) is 17.3 Å². The Labute approximate surface area is 223 Å². The van der Waals surface area contributed by atoms with Crippen molar-refractivity contribution in [1.82, 2.24) is 0 Å². The third-order valence-corrected chi connectivity index (χ3v) is 8.91. The van der Waals surface area contributed by atoms with Crippen molar-refractivity contribution < 1.29 is 24.9 Å². The maximum Gasteiger partial charge on any atom is 0.183 e. The van der Waals surface area contributed by atoms with Gasteiger partial charge in [-0.2, -0.15) is 0 Å². The van der Waals surface area contributed by atoms with Gasteiger partial charge in [0.25, 0.3) is 0 Å². The van der Waals surface area contributed by atoms with Gasteiger partial charge in [0, 0.05) is 17.6 Å². The molecule has 0 spiro atoms. The lowest BCUT2D eigenvalue weighted by atomic mass is 9.55. The van der Waals surface area contributed by atoms with E-state index in [0.29, 0.717) is 29.6 Å². The molecular formula is C33H34O5. The first-order valence-corrected chi connectivity index (χ1v) is 13.2. The highest BCUT2D eigenvalue weighted by Gasteiger charge is 2.56. The minimum absolute atomic E-state index is 0.0765. The average Bonchev–Trinajstić information content (AvgIpc) is 2.86. The second-order valence-electron chi connectivity index (χ2n) is 11.2. The van der Waals surface area contributed by atoms with Crippen molar-refractivity contribution in [3.63, 3.8) is 0 Å². The number of hydrogen-bond acceptors (Lipinski definition) is 5. The third-order valence-electron chi connectivity index (χ3n) is 8.91. The third kappa shape index (κ3) is 3.75. The van der Waals surface area contributed by atoms with Gasteiger partial charge < -0.3 is 15.3 Å². The smallest absolute Gasteiger partial charge is 0.183 e. The van der Waals surface area contributed by atoms with Crippen LogP contribution in [0.2, 0.25) is 0 Å². The minimum atomic E-state index is -1.33. The number of rotatable bonds is 5. The van der Waals surface area contributed by atoms with Crippen LogP contribution in [0.4, 0.5) is 0 Å². The van der Waals surface area contributed by atoms with Crippen LogP contribution >= 0.6 is 0 Å². The van der Waals surface area contributed by atoms with E-state index in [0.717, 1.165) is 29.5 Å². The topological polar surface area (TPSA) is 94.8 Å². The largest absolute Gasteiger partial charge is 0.511 e. The quantitative estimate of drug-likeness (QED) is 0.298. The average molecular weight is 511 g/mol. The second-order valence-corrected chi connectivity index (χ2v) is 11.2. The standard InChI is InChI=1S/C33H34O5/c1-6-17(2)13-20-7-9-21(10-8-20)24-11-12-26(35)29-18(3)28-22(15-25(24)29)14-23-16-27(36)30(19(4)34)32(38)33(23,5)31(28)37/h7-12,22-23,35-37H,2-3,6,13-16H2,1,4-5H3/t22-,23+,33-/m0/s1. The highest BCUT2D eigenvalue weighted by molar-refractivity contribution is 6.23. The number of aliphatic hydroxyl groups is 2. The van der Waals surface area contributed by atoms with Gasteiger partial charge in [0.05, 0.1) is 11.0 Å². The van der Waals surface area contributed by atoms with Crippen LogP contribution in [-0.2, 0) is 22.4 Å². The number of carbonyl (C=O) groups excluding carboxylic acids is 2.